The van der Waals surface area contributed by atoms with E-state index in [2.05, 4.69) is 15.5 Å². The molecule has 6 nitrogen and oxygen atoms in total. The van der Waals surface area contributed by atoms with Crippen molar-refractivity contribution in [2.75, 3.05) is 0 Å². The van der Waals surface area contributed by atoms with Crippen molar-refractivity contribution in [1.29, 1.82) is 0 Å². The molecule has 146 valence electrons. The van der Waals surface area contributed by atoms with Crippen molar-refractivity contribution in [3.8, 4) is 17.1 Å². The summed E-state index contributed by atoms with van der Waals surface area (Å²) in [4.78, 5) is 16.8. The number of rotatable bonds is 6. The van der Waals surface area contributed by atoms with Crippen LogP contribution in [0.3, 0.4) is 0 Å². The summed E-state index contributed by atoms with van der Waals surface area (Å²) in [5, 5.41) is 8.80. The normalized spacial score (nSPS) is 11.9. The first-order valence-corrected chi connectivity index (χ1v) is 9.42. The second-order valence-electron chi connectivity index (χ2n) is 6.84. The fourth-order valence-corrected chi connectivity index (χ4v) is 3.08. The smallest absolute Gasteiger partial charge is 0.261 e. The molecular formula is C23H21N3O3. The second kappa shape index (κ2) is 8.14. The maximum Gasteiger partial charge on any atom is 0.261 e. The molecule has 0 saturated heterocycles. The van der Waals surface area contributed by atoms with Crippen LogP contribution < -0.4 is 10.1 Å². The van der Waals surface area contributed by atoms with Gasteiger partial charge in [0.25, 0.3) is 5.91 Å². The average Bonchev–Trinajstić information content (AvgIpc) is 3.21. The lowest BCUT2D eigenvalue weighted by Crippen LogP contribution is -2.36. The molecule has 0 aliphatic rings. The number of carbonyl (C=O) groups excluding carboxylic acids is 1. The van der Waals surface area contributed by atoms with E-state index in [-0.39, 0.29) is 12.5 Å². The van der Waals surface area contributed by atoms with Gasteiger partial charge in [-0.2, -0.15) is 4.98 Å². The van der Waals surface area contributed by atoms with E-state index in [0.717, 1.165) is 21.9 Å². The number of hydrogen-bond acceptors (Lipinski definition) is 5. The third-order valence-corrected chi connectivity index (χ3v) is 4.58. The van der Waals surface area contributed by atoms with Crippen molar-refractivity contribution in [2.45, 2.75) is 26.5 Å². The lowest BCUT2D eigenvalue weighted by atomic mass is 10.1. The molecule has 0 spiro atoms. The Kier molecular flexibility index (Phi) is 5.24. The quantitative estimate of drug-likeness (QED) is 0.534. The number of benzene rings is 3. The van der Waals surface area contributed by atoms with Crippen LogP contribution in [0.4, 0.5) is 0 Å². The molecule has 0 radical (unpaired) electrons. The predicted octanol–water partition coefficient (Wildman–Crippen LogP) is 4.28. The monoisotopic (exact) mass is 387 g/mol. The van der Waals surface area contributed by atoms with E-state index >= 15 is 0 Å². The molecule has 1 aromatic heterocycles. The Hall–Kier alpha value is -3.67. The van der Waals surface area contributed by atoms with Gasteiger partial charge in [-0.05, 0) is 31.4 Å². The molecule has 4 aromatic rings. The highest BCUT2D eigenvalue weighted by molar-refractivity contribution is 5.89. The van der Waals surface area contributed by atoms with Crippen LogP contribution >= 0.6 is 0 Å². The van der Waals surface area contributed by atoms with E-state index in [1.165, 1.54) is 0 Å². The van der Waals surface area contributed by atoms with E-state index in [1.54, 1.807) is 6.92 Å². The summed E-state index contributed by atoms with van der Waals surface area (Å²) in [6.07, 6.45) is -0.667. The molecule has 3 aromatic carbocycles. The molecule has 1 N–H and O–H groups in total. The highest BCUT2D eigenvalue weighted by Crippen LogP contribution is 2.26. The van der Waals surface area contributed by atoms with Crippen LogP contribution in [-0.4, -0.2) is 22.2 Å². The number of nitrogens with zero attached hydrogens (tertiary/aromatic N) is 2. The van der Waals surface area contributed by atoms with E-state index in [4.69, 9.17) is 9.26 Å². The Bertz CT molecular complexity index is 1150. The van der Waals surface area contributed by atoms with Crippen molar-refractivity contribution < 1.29 is 14.1 Å². The lowest BCUT2D eigenvalue weighted by Gasteiger charge is -2.15. The van der Waals surface area contributed by atoms with Crippen molar-refractivity contribution in [3.05, 3.63) is 78.2 Å². The van der Waals surface area contributed by atoms with Crippen LogP contribution in [-0.2, 0) is 11.3 Å². The molecule has 29 heavy (non-hydrogen) atoms. The standard InChI is InChI=1S/C23H21N3O3/c1-15-7-5-10-18(13-15)22-25-21(29-26-22)14-24-23(27)16(2)28-20-12-6-9-17-8-3-4-11-19(17)20/h3-13,16H,14H2,1-2H3,(H,24,27)/t16-/m1/s1. The highest BCUT2D eigenvalue weighted by Gasteiger charge is 2.17. The predicted molar refractivity (Wildman–Crippen MR) is 110 cm³/mol. The van der Waals surface area contributed by atoms with E-state index in [9.17, 15) is 4.79 Å². The molecule has 1 heterocycles. The number of carbonyl (C=O) groups is 1. The Morgan fingerprint density at radius 2 is 1.90 bits per heavy atom. The van der Waals surface area contributed by atoms with Crippen LogP contribution in [0.15, 0.2) is 71.3 Å². The summed E-state index contributed by atoms with van der Waals surface area (Å²) < 4.78 is 11.1. The third-order valence-electron chi connectivity index (χ3n) is 4.58. The van der Waals surface area contributed by atoms with Gasteiger partial charge in [-0.3, -0.25) is 4.79 Å². The molecule has 4 rings (SSSR count). The number of hydrogen-bond donors (Lipinski definition) is 1. The fraction of sp³-hybridized carbons (Fsp3) is 0.174. The van der Waals surface area contributed by atoms with Gasteiger partial charge in [0.1, 0.15) is 5.75 Å². The third kappa shape index (κ3) is 4.27. The summed E-state index contributed by atoms with van der Waals surface area (Å²) in [5.74, 6) is 1.25. The van der Waals surface area contributed by atoms with Crippen LogP contribution in [0.25, 0.3) is 22.2 Å². The maximum absolute atomic E-state index is 12.5. The zero-order chi connectivity index (χ0) is 20.2. The Morgan fingerprint density at radius 3 is 2.76 bits per heavy atom. The van der Waals surface area contributed by atoms with E-state index in [1.807, 2.05) is 73.7 Å². The van der Waals surface area contributed by atoms with E-state index in [0.29, 0.717) is 17.5 Å². The number of amides is 1. The van der Waals surface area contributed by atoms with Crippen molar-refractivity contribution in [1.82, 2.24) is 15.5 Å². The molecule has 6 heteroatoms. The zero-order valence-corrected chi connectivity index (χ0v) is 16.3. The van der Waals surface area contributed by atoms with Gasteiger partial charge in [0, 0.05) is 10.9 Å². The first-order valence-electron chi connectivity index (χ1n) is 9.42. The summed E-state index contributed by atoms with van der Waals surface area (Å²) in [6, 6.07) is 21.5. The topological polar surface area (TPSA) is 77.2 Å². The molecule has 0 fully saturated rings. The molecule has 0 saturated carbocycles. The number of ether oxygens (including phenoxy) is 1. The van der Waals surface area contributed by atoms with Crippen molar-refractivity contribution in [2.24, 2.45) is 0 Å². The maximum atomic E-state index is 12.5. The Morgan fingerprint density at radius 1 is 1.10 bits per heavy atom. The van der Waals surface area contributed by atoms with Gasteiger partial charge in [0.2, 0.25) is 11.7 Å². The summed E-state index contributed by atoms with van der Waals surface area (Å²) in [5.41, 5.74) is 1.99. The lowest BCUT2D eigenvalue weighted by molar-refractivity contribution is -0.127. The highest BCUT2D eigenvalue weighted by atomic mass is 16.5. The SMILES string of the molecule is Cc1cccc(-c2noc(CNC(=O)[C@@H](C)Oc3cccc4ccccc34)n2)c1. The van der Waals surface area contributed by atoms with Crippen molar-refractivity contribution in [3.63, 3.8) is 0 Å². The molecule has 0 aliphatic carbocycles. The summed E-state index contributed by atoms with van der Waals surface area (Å²) >= 11 is 0. The van der Waals surface area contributed by atoms with Gasteiger partial charge >= 0.3 is 0 Å². The zero-order valence-electron chi connectivity index (χ0n) is 16.3. The van der Waals surface area contributed by atoms with Gasteiger partial charge in [0.15, 0.2) is 6.10 Å². The van der Waals surface area contributed by atoms with Crippen LogP contribution in [0.2, 0.25) is 0 Å². The number of nitrogens with one attached hydrogen (secondary N) is 1. The largest absolute Gasteiger partial charge is 0.480 e. The van der Waals surface area contributed by atoms with Gasteiger partial charge in [-0.15, -0.1) is 0 Å². The van der Waals surface area contributed by atoms with Gasteiger partial charge in [-0.25, -0.2) is 0 Å². The minimum Gasteiger partial charge on any atom is -0.480 e. The van der Waals surface area contributed by atoms with Crippen LogP contribution in [0, 0.1) is 6.92 Å². The van der Waals surface area contributed by atoms with Crippen LogP contribution in [0.1, 0.15) is 18.4 Å². The Labute approximate surface area is 168 Å². The van der Waals surface area contributed by atoms with Gasteiger partial charge in [0.05, 0.1) is 6.54 Å². The Balaban J connectivity index is 1.38. The number of fused-ring (bicyclic) bond motifs is 1. The molecular weight excluding hydrogens is 366 g/mol. The van der Waals surface area contributed by atoms with Gasteiger partial charge in [-0.1, -0.05) is 65.3 Å². The second-order valence-corrected chi connectivity index (χ2v) is 6.84. The summed E-state index contributed by atoms with van der Waals surface area (Å²) in [6.45, 7) is 3.85. The molecule has 1 atom stereocenters. The molecule has 0 unspecified atom stereocenters. The number of aromatic nitrogens is 2. The van der Waals surface area contributed by atoms with E-state index < -0.39 is 6.10 Å². The number of aryl methyl sites for hydroxylation is 1. The average molecular weight is 387 g/mol. The molecule has 0 bridgehead atoms. The first-order chi connectivity index (χ1) is 14.1. The van der Waals surface area contributed by atoms with Crippen molar-refractivity contribution >= 4 is 16.7 Å². The minimum atomic E-state index is -0.667. The van der Waals surface area contributed by atoms with Crippen LogP contribution in [0.5, 0.6) is 5.75 Å². The first kappa shape index (κ1) is 18.7. The summed E-state index contributed by atoms with van der Waals surface area (Å²) in [7, 11) is 0. The minimum absolute atomic E-state index is 0.140. The molecule has 1 amide bonds. The molecule has 0 aliphatic heterocycles. The van der Waals surface area contributed by atoms with Gasteiger partial charge < -0.3 is 14.6 Å². The fourth-order valence-electron chi connectivity index (χ4n) is 3.08.